The lowest BCUT2D eigenvalue weighted by Gasteiger charge is -2.24. The lowest BCUT2D eigenvalue weighted by atomic mass is 10.2. The van der Waals surface area contributed by atoms with E-state index in [2.05, 4.69) is 5.10 Å². The van der Waals surface area contributed by atoms with Gasteiger partial charge in [-0.05, 0) is 5.56 Å². The van der Waals surface area contributed by atoms with E-state index >= 15 is 0 Å². The fraction of sp³-hybridized carbons (Fsp3) is 0.235. The van der Waals surface area contributed by atoms with Crippen LogP contribution in [0, 0.1) is 0 Å². The quantitative estimate of drug-likeness (QED) is 0.712. The van der Waals surface area contributed by atoms with Gasteiger partial charge in [0.05, 0.1) is 6.54 Å². The maximum atomic E-state index is 12.9. The summed E-state index contributed by atoms with van der Waals surface area (Å²) in [5.41, 5.74) is 6.90. The van der Waals surface area contributed by atoms with Crippen molar-refractivity contribution in [3.8, 4) is 5.75 Å². The number of aromatic nitrogens is 3. The molecule has 8 nitrogen and oxygen atoms in total. The highest BCUT2D eigenvalue weighted by atomic mass is 16.3. The summed E-state index contributed by atoms with van der Waals surface area (Å²) in [4.78, 5) is 26.7. The molecule has 25 heavy (non-hydrogen) atoms. The van der Waals surface area contributed by atoms with Gasteiger partial charge in [0.2, 0.25) is 0 Å². The van der Waals surface area contributed by atoms with Crippen molar-refractivity contribution in [2.24, 2.45) is 0 Å². The van der Waals surface area contributed by atoms with Crippen molar-refractivity contribution in [2.45, 2.75) is 13.1 Å². The number of rotatable bonds is 2. The van der Waals surface area contributed by atoms with Crippen LogP contribution in [-0.4, -0.2) is 43.9 Å². The summed E-state index contributed by atoms with van der Waals surface area (Å²) in [6, 6.07) is 9.36. The van der Waals surface area contributed by atoms with Crippen LogP contribution in [0.3, 0.4) is 0 Å². The van der Waals surface area contributed by atoms with Crippen LogP contribution in [0.1, 0.15) is 16.1 Å². The van der Waals surface area contributed by atoms with Crippen LogP contribution in [0.5, 0.6) is 5.75 Å². The van der Waals surface area contributed by atoms with Gasteiger partial charge in [0.15, 0.2) is 17.3 Å². The topological polar surface area (TPSA) is 106 Å². The summed E-state index contributed by atoms with van der Waals surface area (Å²) in [5.74, 6) is -0.551. The van der Waals surface area contributed by atoms with Gasteiger partial charge in [0, 0.05) is 20.1 Å². The van der Waals surface area contributed by atoms with Crippen LogP contribution in [0.4, 0.5) is 5.82 Å². The Kier molecular flexibility index (Phi) is 3.28. The minimum atomic E-state index is -0.470. The van der Waals surface area contributed by atoms with Gasteiger partial charge in [-0.3, -0.25) is 9.59 Å². The predicted octanol–water partition coefficient (Wildman–Crippen LogP) is 0.620. The highest BCUT2D eigenvalue weighted by Gasteiger charge is 2.32. The maximum absolute atomic E-state index is 12.9. The van der Waals surface area contributed by atoms with E-state index in [-0.39, 0.29) is 35.1 Å². The second-order valence-corrected chi connectivity index (χ2v) is 6.13. The highest BCUT2D eigenvalue weighted by Crippen LogP contribution is 2.34. The second-order valence-electron chi connectivity index (χ2n) is 6.13. The molecule has 0 fully saturated rings. The van der Waals surface area contributed by atoms with E-state index in [9.17, 15) is 14.7 Å². The molecule has 128 valence electrons. The van der Waals surface area contributed by atoms with Crippen LogP contribution >= 0.6 is 0 Å². The number of likely N-dealkylation sites (N-methyl/N-ethyl adjacent to an activating group) is 1. The third-order valence-electron chi connectivity index (χ3n) is 4.54. The SMILES string of the molecule is CN1CCn2c(c(O)c3c(=O)n(Cc4ccccc4)nc(N)c32)C1=O. The van der Waals surface area contributed by atoms with Gasteiger partial charge in [-0.1, -0.05) is 30.3 Å². The lowest BCUT2D eigenvalue weighted by Crippen LogP contribution is -2.37. The zero-order valence-corrected chi connectivity index (χ0v) is 13.6. The first-order valence-corrected chi connectivity index (χ1v) is 7.90. The molecule has 1 aromatic carbocycles. The summed E-state index contributed by atoms with van der Waals surface area (Å²) in [6.45, 7) is 1.15. The Morgan fingerprint density at radius 1 is 1.20 bits per heavy atom. The number of hydrogen-bond donors (Lipinski definition) is 2. The molecule has 1 aliphatic rings. The zero-order chi connectivity index (χ0) is 17.7. The Bertz CT molecular complexity index is 1050. The molecule has 0 radical (unpaired) electrons. The van der Waals surface area contributed by atoms with Crippen LogP contribution in [0.25, 0.3) is 10.9 Å². The number of benzene rings is 1. The van der Waals surface area contributed by atoms with Gasteiger partial charge < -0.3 is 20.3 Å². The monoisotopic (exact) mass is 339 g/mol. The molecule has 0 saturated carbocycles. The van der Waals surface area contributed by atoms with E-state index in [1.807, 2.05) is 30.3 Å². The summed E-state index contributed by atoms with van der Waals surface area (Å²) in [6.07, 6.45) is 0. The lowest BCUT2D eigenvalue weighted by molar-refractivity contribution is 0.0747. The standard InChI is InChI=1S/C17H17N5O3/c1-20-7-8-21-12-11(14(23)13(21)17(20)25)16(24)22(19-15(12)18)9-10-5-3-2-4-6-10/h2-6,23H,7-9H2,1H3,(H2,18,19). The third kappa shape index (κ3) is 2.18. The molecule has 2 aromatic heterocycles. The molecule has 1 aliphatic heterocycles. The van der Waals surface area contributed by atoms with E-state index in [0.717, 1.165) is 5.56 Å². The van der Waals surface area contributed by atoms with Crippen molar-refractivity contribution in [1.82, 2.24) is 19.2 Å². The summed E-state index contributed by atoms with van der Waals surface area (Å²) in [7, 11) is 1.65. The Hall–Kier alpha value is -3.29. The maximum Gasteiger partial charge on any atom is 0.280 e. The van der Waals surface area contributed by atoms with Gasteiger partial charge in [-0.25, -0.2) is 4.68 Å². The number of carbonyl (C=O) groups is 1. The number of fused-ring (bicyclic) bond motifs is 3. The molecule has 3 N–H and O–H groups in total. The highest BCUT2D eigenvalue weighted by molar-refractivity contribution is 6.06. The Balaban J connectivity index is 1.96. The van der Waals surface area contributed by atoms with E-state index < -0.39 is 5.56 Å². The second kappa shape index (κ2) is 5.37. The summed E-state index contributed by atoms with van der Waals surface area (Å²) in [5, 5.41) is 14.8. The molecular formula is C17H17N5O3. The Morgan fingerprint density at radius 2 is 1.92 bits per heavy atom. The average Bonchev–Trinajstić information content (AvgIpc) is 2.91. The average molecular weight is 339 g/mol. The molecule has 0 spiro atoms. The Morgan fingerprint density at radius 3 is 2.64 bits per heavy atom. The van der Waals surface area contributed by atoms with Crippen LogP contribution in [-0.2, 0) is 13.1 Å². The van der Waals surface area contributed by atoms with Crippen molar-refractivity contribution < 1.29 is 9.90 Å². The smallest absolute Gasteiger partial charge is 0.280 e. The van der Waals surface area contributed by atoms with E-state index in [4.69, 9.17) is 5.73 Å². The van der Waals surface area contributed by atoms with Crippen molar-refractivity contribution >= 4 is 22.6 Å². The first-order chi connectivity index (χ1) is 12.0. The first-order valence-electron chi connectivity index (χ1n) is 7.90. The Labute approximate surface area is 142 Å². The molecule has 3 heterocycles. The zero-order valence-electron chi connectivity index (χ0n) is 13.6. The number of carbonyl (C=O) groups excluding carboxylic acids is 1. The summed E-state index contributed by atoms with van der Waals surface area (Å²) < 4.78 is 2.80. The molecule has 1 amide bonds. The van der Waals surface area contributed by atoms with Gasteiger partial charge in [0.1, 0.15) is 10.9 Å². The van der Waals surface area contributed by atoms with E-state index in [1.165, 1.54) is 9.58 Å². The molecular weight excluding hydrogens is 322 g/mol. The van der Waals surface area contributed by atoms with Crippen molar-refractivity contribution in [3.63, 3.8) is 0 Å². The molecule has 4 rings (SSSR count). The number of nitrogens with two attached hydrogens (primary N) is 1. The molecule has 0 unspecified atom stereocenters. The molecule has 0 aliphatic carbocycles. The van der Waals surface area contributed by atoms with Gasteiger partial charge in [-0.15, -0.1) is 5.10 Å². The fourth-order valence-electron chi connectivity index (χ4n) is 3.26. The minimum absolute atomic E-state index is 0.0436. The minimum Gasteiger partial charge on any atom is -0.505 e. The normalized spacial score (nSPS) is 14.1. The van der Waals surface area contributed by atoms with Crippen molar-refractivity contribution in [2.75, 3.05) is 19.3 Å². The molecule has 8 heteroatoms. The summed E-state index contributed by atoms with van der Waals surface area (Å²) >= 11 is 0. The number of nitrogens with zero attached hydrogens (tertiary/aromatic N) is 4. The number of anilines is 1. The van der Waals surface area contributed by atoms with Crippen LogP contribution < -0.4 is 11.3 Å². The van der Waals surface area contributed by atoms with Crippen LogP contribution in [0.15, 0.2) is 35.1 Å². The van der Waals surface area contributed by atoms with Gasteiger partial charge in [0.25, 0.3) is 11.5 Å². The van der Waals surface area contributed by atoms with Crippen molar-refractivity contribution in [1.29, 1.82) is 0 Å². The molecule has 0 saturated heterocycles. The van der Waals surface area contributed by atoms with Crippen molar-refractivity contribution in [3.05, 3.63) is 51.9 Å². The number of nitrogen functional groups attached to an aromatic ring is 1. The number of hydrogen-bond acceptors (Lipinski definition) is 5. The van der Waals surface area contributed by atoms with E-state index in [0.29, 0.717) is 18.6 Å². The van der Waals surface area contributed by atoms with Gasteiger partial charge in [-0.2, -0.15) is 0 Å². The first kappa shape index (κ1) is 15.3. The van der Waals surface area contributed by atoms with E-state index in [1.54, 1.807) is 11.6 Å². The molecule has 3 aromatic rings. The third-order valence-corrected chi connectivity index (χ3v) is 4.54. The number of aromatic hydroxyl groups is 1. The fourth-order valence-corrected chi connectivity index (χ4v) is 3.26. The predicted molar refractivity (Wildman–Crippen MR) is 92.6 cm³/mol. The van der Waals surface area contributed by atoms with Crippen LogP contribution in [0.2, 0.25) is 0 Å². The van der Waals surface area contributed by atoms with Gasteiger partial charge >= 0.3 is 0 Å². The molecule has 0 bridgehead atoms. The molecule has 0 atom stereocenters. The largest absolute Gasteiger partial charge is 0.505 e. The number of amides is 1.